The van der Waals surface area contributed by atoms with Crippen LogP contribution in [0.15, 0.2) is 67.4 Å². The van der Waals surface area contributed by atoms with Crippen LogP contribution in [0.5, 0.6) is 0 Å². The van der Waals surface area contributed by atoms with Gasteiger partial charge in [-0.15, -0.1) is 18.2 Å². The molecule has 0 N–H and O–H groups in total. The van der Waals surface area contributed by atoms with Crippen molar-refractivity contribution < 1.29 is 37.7 Å². The molecule has 3 aromatic heterocycles. The fourth-order valence-electron chi connectivity index (χ4n) is 3.19. The molecule has 0 unspecified atom stereocenters. The first-order valence-electron chi connectivity index (χ1n) is 10.2. The minimum atomic E-state index is -0.699. The average Bonchev–Trinajstić information content (AvgIpc) is 3.49. The Morgan fingerprint density at radius 3 is 1.73 bits per heavy atom. The molecule has 188 valence electrons. The van der Waals surface area contributed by atoms with Gasteiger partial charge < -0.3 is 26.0 Å². The van der Waals surface area contributed by atoms with E-state index >= 15 is 0 Å². The number of aryl methyl sites for hydroxylation is 2. The summed E-state index contributed by atoms with van der Waals surface area (Å²) in [7, 11) is 3.47. The first-order valence-corrected chi connectivity index (χ1v) is 10.2. The van der Waals surface area contributed by atoms with E-state index in [9.17, 15) is 17.6 Å². The summed E-state index contributed by atoms with van der Waals surface area (Å²) in [6, 6.07) is 13.1. The summed E-state index contributed by atoms with van der Waals surface area (Å²) < 4.78 is 57.0. The van der Waals surface area contributed by atoms with Crippen LogP contribution in [0.4, 0.5) is 17.6 Å². The largest absolute Gasteiger partial charge is 3.00 e. The maximum Gasteiger partial charge on any atom is 3.00 e. The molecular weight excluding hydrogens is 665 g/mol. The fourth-order valence-corrected chi connectivity index (χ4v) is 3.19. The van der Waals surface area contributed by atoms with Crippen LogP contribution in [-0.4, -0.2) is 24.1 Å². The first-order chi connectivity index (χ1) is 17.3. The van der Waals surface area contributed by atoms with Crippen molar-refractivity contribution in [3.05, 3.63) is 109 Å². The van der Waals surface area contributed by atoms with E-state index in [1.54, 1.807) is 72.4 Å². The van der Waals surface area contributed by atoms with Crippen LogP contribution in [0, 0.1) is 47.2 Å². The van der Waals surface area contributed by atoms with Crippen molar-refractivity contribution in [2.45, 2.75) is 0 Å². The second kappa shape index (κ2) is 13.3. The van der Waals surface area contributed by atoms with Crippen LogP contribution in [-0.2, 0) is 34.2 Å². The molecule has 0 spiro atoms. The van der Waals surface area contributed by atoms with E-state index in [0.29, 0.717) is 17.3 Å². The fraction of sp³-hybridized carbons (Fsp3) is 0.0769. The predicted octanol–water partition coefficient (Wildman–Crippen LogP) is 5.49. The zero-order chi connectivity index (χ0) is 26.2. The number of rotatable bonds is 3. The average molecular weight is 682 g/mol. The second-order valence-electron chi connectivity index (χ2n) is 7.19. The zero-order valence-electron chi connectivity index (χ0n) is 19.4. The molecule has 0 saturated heterocycles. The molecule has 11 heteroatoms. The van der Waals surface area contributed by atoms with Crippen molar-refractivity contribution in [1.82, 2.24) is 24.1 Å². The van der Waals surface area contributed by atoms with Crippen LogP contribution in [0.25, 0.3) is 34.0 Å². The predicted molar refractivity (Wildman–Crippen MR) is 123 cm³/mol. The molecule has 3 heterocycles. The molecule has 0 fully saturated rings. The quantitative estimate of drug-likeness (QED) is 0.187. The Kier molecular flexibility index (Phi) is 10.4. The third kappa shape index (κ3) is 6.76. The first kappa shape index (κ1) is 29.1. The SMILES string of the molecule is Cn1ccnc1-c1[c-]c(-c2nccn2C)c(F)cc1F.Fc1c[c-]c(-c2ccccn2)c(F)c1.[C-]#N.[Ir+3]. The number of halogens is 4. The van der Waals surface area contributed by atoms with Crippen LogP contribution in [0.2, 0.25) is 0 Å². The Morgan fingerprint density at radius 2 is 1.30 bits per heavy atom. The standard InChI is InChI=1S/C14H11F2N4.C11H6F2N.CN.Ir/c1-19-5-3-17-13(19)9-7-10(12(16)8-11(9)15)14-18-4-6-20(14)2;12-8-4-5-9(10(13)7-8)11-3-1-2-6-14-11;1-2;/h3-6,8H,1-2H3;1-4,6-7H;;/q3*-1;+3. The van der Waals surface area contributed by atoms with Gasteiger partial charge in [0.05, 0.1) is 23.3 Å². The molecule has 37 heavy (non-hydrogen) atoms. The van der Waals surface area contributed by atoms with Crippen molar-refractivity contribution in [2.75, 3.05) is 0 Å². The summed E-state index contributed by atoms with van der Waals surface area (Å²) >= 11 is 0. The molecule has 0 aliphatic heterocycles. The summed E-state index contributed by atoms with van der Waals surface area (Å²) in [6.07, 6.45) is 8.02. The van der Waals surface area contributed by atoms with Crippen LogP contribution in [0.3, 0.4) is 0 Å². The Balaban J connectivity index is 0.000000250. The summed E-state index contributed by atoms with van der Waals surface area (Å²) in [4.78, 5) is 12.1. The van der Waals surface area contributed by atoms with Gasteiger partial charge in [-0.3, -0.25) is 27.5 Å². The van der Waals surface area contributed by atoms with Gasteiger partial charge in [-0.25, -0.2) is 0 Å². The summed E-state index contributed by atoms with van der Waals surface area (Å²) in [5.74, 6) is -1.91. The molecule has 0 bridgehead atoms. The van der Waals surface area contributed by atoms with E-state index < -0.39 is 23.3 Å². The Hall–Kier alpha value is -4.13. The van der Waals surface area contributed by atoms with E-state index in [-0.39, 0.29) is 36.8 Å². The third-order valence-electron chi connectivity index (χ3n) is 4.85. The van der Waals surface area contributed by atoms with Crippen molar-refractivity contribution in [3.8, 4) is 34.0 Å². The molecular formula is C26H17F4IrN6. The van der Waals surface area contributed by atoms with Crippen LogP contribution >= 0.6 is 0 Å². The van der Waals surface area contributed by atoms with E-state index in [1.807, 2.05) is 0 Å². The number of aromatic nitrogens is 5. The van der Waals surface area contributed by atoms with Gasteiger partial charge in [0, 0.05) is 56.7 Å². The molecule has 6 nitrogen and oxygen atoms in total. The van der Waals surface area contributed by atoms with Gasteiger partial charge in [0.2, 0.25) is 0 Å². The molecule has 0 aliphatic rings. The molecule has 0 aliphatic carbocycles. The molecule has 2 aromatic carbocycles. The van der Waals surface area contributed by atoms with E-state index in [4.69, 9.17) is 11.8 Å². The number of nitrogens with zero attached hydrogens (tertiary/aromatic N) is 6. The van der Waals surface area contributed by atoms with Crippen LogP contribution < -0.4 is 0 Å². The Labute approximate surface area is 224 Å². The van der Waals surface area contributed by atoms with Crippen molar-refractivity contribution >= 4 is 0 Å². The summed E-state index contributed by atoms with van der Waals surface area (Å²) in [6.45, 7) is 4.75. The smallest absolute Gasteiger partial charge is 0.512 e. The van der Waals surface area contributed by atoms with Gasteiger partial charge >= 0.3 is 20.1 Å². The zero-order valence-corrected chi connectivity index (χ0v) is 21.8. The number of imidazole rings is 2. The Bertz CT molecular complexity index is 1420. The van der Waals surface area contributed by atoms with Gasteiger partial charge in [0.15, 0.2) is 0 Å². The van der Waals surface area contributed by atoms with Gasteiger partial charge in [-0.1, -0.05) is 29.8 Å². The van der Waals surface area contributed by atoms with Gasteiger partial charge in [-0.2, -0.15) is 0 Å². The molecule has 0 radical (unpaired) electrons. The monoisotopic (exact) mass is 682 g/mol. The number of hydrogen-bond donors (Lipinski definition) is 0. The third-order valence-corrected chi connectivity index (χ3v) is 4.85. The van der Waals surface area contributed by atoms with Crippen molar-refractivity contribution in [2.24, 2.45) is 14.1 Å². The van der Waals surface area contributed by atoms with Gasteiger partial charge in [-0.05, 0) is 22.9 Å². The molecule has 5 aromatic rings. The van der Waals surface area contributed by atoms with Gasteiger partial charge in [0.1, 0.15) is 0 Å². The summed E-state index contributed by atoms with van der Waals surface area (Å²) in [5, 5.41) is 6.25. The van der Waals surface area contributed by atoms with E-state index in [0.717, 1.165) is 18.2 Å². The van der Waals surface area contributed by atoms with Gasteiger partial charge in [0.25, 0.3) is 0 Å². The minimum absolute atomic E-state index is 0. The van der Waals surface area contributed by atoms with Crippen molar-refractivity contribution in [1.29, 1.82) is 5.26 Å². The Morgan fingerprint density at radius 1 is 0.757 bits per heavy atom. The van der Waals surface area contributed by atoms with E-state index in [1.165, 1.54) is 0 Å². The molecule has 0 atom stereocenters. The number of hydrogen-bond acceptors (Lipinski definition) is 4. The maximum absolute atomic E-state index is 14.0. The topological polar surface area (TPSA) is 72.3 Å². The number of pyridine rings is 1. The van der Waals surface area contributed by atoms with E-state index in [2.05, 4.69) is 27.1 Å². The summed E-state index contributed by atoms with van der Waals surface area (Å²) in [5.41, 5.74) is 0.880. The van der Waals surface area contributed by atoms with Crippen LogP contribution in [0.1, 0.15) is 0 Å². The molecule has 0 amide bonds. The minimum Gasteiger partial charge on any atom is -0.512 e. The van der Waals surface area contributed by atoms with Crippen molar-refractivity contribution in [3.63, 3.8) is 0 Å². The maximum atomic E-state index is 14.0. The number of benzene rings is 2. The second-order valence-corrected chi connectivity index (χ2v) is 7.19. The molecule has 5 rings (SSSR count). The normalized spacial score (nSPS) is 9.84. The molecule has 0 saturated carbocycles.